The van der Waals surface area contributed by atoms with E-state index in [1.807, 2.05) is 4.90 Å². The number of rotatable bonds is 3. The Morgan fingerprint density at radius 1 is 1.40 bits per heavy atom. The fourth-order valence-electron chi connectivity index (χ4n) is 2.65. The van der Waals surface area contributed by atoms with Crippen molar-refractivity contribution in [1.29, 1.82) is 0 Å². The monoisotopic (exact) mass is 295 g/mol. The van der Waals surface area contributed by atoms with Gasteiger partial charge in [-0.05, 0) is 12.8 Å². The molecule has 2 aliphatic heterocycles. The third-order valence-electron chi connectivity index (χ3n) is 3.84. The van der Waals surface area contributed by atoms with Crippen molar-refractivity contribution in [3.8, 4) is 0 Å². The summed E-state index contributed by atoms with van der Waals surface area (Å²) in [5, 5.41) is 6.78. The number of amides is 2. The quantitative estimate of drug-likeness (QED) is 0.886. The minimum Gasteiger partial charge on any atom is -0.341 e. The largest absolute Gasteiger partial charge is 0.341 e. The molecule has 2 fully saturated rings. The maximum atomic E-state index is 12.2. The maximum absolute atomic E-state index is 12.2. The molecule has 2 saturated heterocycles. The Hall–Kier alpha value is -1.57. The van der Waals surface area contributed by atoms with E-state index in [-0.39, 0.29) is 17.7 Å². The second kappa shape index (κ2) is 5.82. The van der Waals surface area contributed by atoms with Gasteiger partial charge in [-0.3, -0.25) is 14.7 Å². The van der Waals surface area contributed by atoms with Crippen LogP contribution in [-0.4, -0.2) is 68.1 Å². The van der Waals surface area contributed by atoms with Gasteiger partial charge in [0.15, 0.2) is 0 Å². The Bertz CT molecular complexity index is 484. The molecule has 2 aliphatic rings. The van der Waals surface area contributed by atoms with Crippen molar-refractivity contribution in [2.45, 2.75) is 18.8 Å². The van der Waals surface area contributed by atoms with Crippen LogP contribution in [0, 0.1) is 0 Å². The summed E-state index contributed by atoms with van der Waals surface area (Å²) in [5.74, 6) is 2.10. The summed E-state index contributed by atoms with van der Waals surface area (Å²) in [6.07, 6.45) is 3.30. The van der Waals surface area contributed by atoms with Crippen molar-refractivity contribution in [1.82, 2.24) is 25.0 Å². The van der Waals surface area contributed by atoms with Crippen LogP contribution in [0.15, 0.2) is 6.33 Å². The van der Waals surface area contributed by atoms with Gasteiger partial charge < -0.3 is 9.80 Å². The number of H-pyrrole nitrogens is 1. The molecule has 0 unspecified atom stereocenters. The average Bonchev–Trinajstić information content (AvgIpc) is 3.12. The van der Waals surface area contributed by atoms with Gasteiger partial charge in [-0.2, -0.15) is 5.10 Å². The van der Waals surface area contributed by atoms with Crippen molar-refractivity contribution >= 4 is 22.9 Å². The lowest BCUT2D eigenvalue weighted by atomic mass is 9.96. The van der Waals surface area contributed by atoms with Crippen LogP contribution in [0.1, 0.15) is 24.6 Å². The molecule has 108 valence electrons. The van der Waals surface area contributed by atoms with E-state index in [9.17, 15) is 9.59 Å². The Labute approximate surface area is 121 Å². The van der Waals surface area contributed by atoms with Gasteiger partial charge in [-0.15, -0.1) is 0 Å². The number of nitrogens with zero attached hydrogens (tertiary/aromatic N) is 4. The van der Waals surface area contributed by atoms with Crippen molar-refractivity contribution in [2.75, 3.05) is 31.9 Å². The topological polar surface area (TPSA) is 82.2 Å². The molecule has 0 radical (unpaired) electrons. The zero-order valence-electron chi connectivity index (χ0n) is 11.1. The van der Waals surface area contributed by atoms with E-state index in [4.69, 9.17) is 0 Å². The lowest BCUT2D eigenvalue weighted by Crippen LogP contribution is -2.44. The minimum atomic E-state index is 0.0231. The number of hydrogen-bond acceptors (Lipinski definition) is 5. The molecule has 0 aliphatic carbocycles. The van der Waals surface area contributed by atoms with Gasteiger partial charge in [0.1, 0.15) is 18.7 Å². The zero-order valence-corrected chi connectivity index (χ0v) is 11.9. The molecule has 8 heteroatoms. The summed E-state index contributed by atoms with van der Waals surface area (Å²) in [6, 6.07) is 0. The van der Waals surface area contributed by atoms with Gasteiger partial charge in [0.25, 0.3) is 5.24 Å². The number of piperidine rings is 1. The van der Waals surface area contributed by atoms with Crippen LogP contribution in [0.25, 0.3) is 0 Å². The summed E-state index contributed by atoms with van der Waals surface area (Å²) < 4.78 is 0. The van der Waals surface area contributed by atoms with Gasteiger partial charge in [0.2, 0.25) is 5.91 Å². The molecule has 0 spiro atoms. The molecule has 1 N–H and O–H groups in total. The number of hydrogen-bond donors (Lipinski definition) is 1. The molecule has 2 amide bonds. The SMILES string of the molecule is O=C(CN1CCSC1=O)N1CCC(c2ncn[nH]2)CC1. The molecule has 3 heterocycles. The summed E-state index contributed by atoms with van der Waals surface area (Å²) >= 11 is 1.29. The van der Waals surface area contributed by atoms with Crippen molar-refractivity contribution in [3.05, 3.63) is 12.2 Å². The first-order valence-corrected chi connectivity index (χ1v) is 7.77. The number of likely N-dealkylation sites (tertiary alicyclic amines) is 1. The van der Waals surface area contributed by atoms with E-state index in [1.165, 1.54) is 18.1 Å². The highest BCUT2D eigenvalue weighted by molar-refractivity contribution is 8.13. The van der Waals surface area contributed by atoms with Crippen LogP contribution >= 0.6 is 11.8 Å². The second-order valence-electron chi connectivity index (χ2n) is 5.06. The fourth-order valence-corrected chi connectivity index (χ4v) is 3.47. The van der Waals surface area contributed by atoms with Crippen LogP contribution in [0.4, 0.5) is 4.79 Å². The molecule has 0 atom stereocenters. The van der Waals surface area contributed by atoms with Gasteiger partial charge in [0.05, 0.1) is 0 Å². The third-order valence-corrected chi connectivity index (χ3v) is 4.73. The molecular formula is C12H17N5O2S. The van der Waals surface area contributed by atoms with Crippen LogP contribution in [-0.2, 0) is 4.79 Å². The Kier molecular flexibility index (Phi) is 3.90. The third kappa shape index (κ3) is 2.79. The van der Waals surface area contributed by atoms with E-state index < -0.39 is 0 Å². The Balaban J connectivity index is 1.50. The molecular weight excluding hydrogens is 278 g/mol. The van der Waals surface area contributed by atoms with Crippen LogP contribution < -0.4 is 0 Å². The predicted molar refractivity (Wildman–Crippen MR) is 74.4 cm³/mol. The smallest absolute Gasteiger partial charge is 0.282 e. The van der Waals surface area contributed by atoms with E-state index in [2.05, 4.69) is 15.2 Å². The van der Waals surface area contributed by atoms with Gasteiger partial charge in [0, 0.05) is 31.3 Å². The normalized spacial score (nSPS) is 20.7. The average molecular weight is 295 g/mol. The second-order valence-corrected chi connectivity index (χ2v) is 6.11. The highest BCUT2D eigenvalue weighted by atomic mass is 32.2. The number of carbonyl (C=O) groups excluding carboxylic acids is 2. The Morgan fingerprint density at radius 3 is 2.80 bits per heavy atom. The number of aromatic nitrogens is 3. The lowest BCUT2D eigenvalue weighted by Gasteiger charge is -2.32. The molecule has 0 saturated carbocycles. The summed E-state index contributed by atoms with van der Waals surface area (Å²) in [5.41, 5.74) is 0. The molecule has 3 rings (SSSR count). The van der Waals surface area contributed by atoms with Crippen LogP contribution in [0.2, 0.25) is 0 Å². The molecule has 0 aromatic carbocycles. The fraction of sp³-hybridized carbons (Fsp3) is 0.667. The van der Waals surface area contributed by atoms with E-state index >= 15 is 0 Å². The first kappa shape index (κ1) is 13.4. The van der Waals surface area contributed by atoms with Gasteiger partial charge in [-0.1, -0.05) is 11.8 Å². The maximum Gasteiger partial charge on any atom is 0.282 e. The summed E-state index contributed by atoms with van der Waals surface area (Å²) in [4.78, 5) is 31.3. The van der Waals surface area contributed by atoms with Crippen molar-refractivity contribution in [2.24, 2.45) is 0 Å². The highest BCUT2D eigenvalue weighted by Gasteiger charge is 2.29. The summed E-state index contributed by atoms with van der Waals surface area (Å²) in [7, 11) is 0. The number of carbonyl (C=O) groups is 2. The van der Waals surface area contributed by atoms with E-state index in [0.29, 0.717) is 12.5 Å². The zero-order chi connectivity index (χ0) is 13.9. The summed E-state index contributed by atoms with van der Waals surface area (Å²) in [6.45, 7) is 2.35. The molecule has 20 heavy (non-hydrogen) atoms. The first-order valence-electron chi connectivity index (χ1n) is 6.79. The standard InChI is InChI=1S/C12H17N5O2S/c18-10(7-17-5-6-20-12(17)19)16-3-1-9(2-4-16)11-13-8-14-15-11/h8-9H,1-7H2,(H,13,14,15). The molecule has 0 bridgehead atoms. The predicted octanol–water partition coefficient (Wildman–Crippen LogP) is 0.679. The molecule has 7 nitrogen and oxygen atoms in total. The lowest BCUT2D eigenvalue weighted by molar-refractivity contribution is -0.132. The van der Waals surface area contributed by atoms with Crippen LogP contribution in [0.5, 0.6) is 0 Å². The van der Waals surface area contributed by atoms with E-state index in [1.54, 1.807) is 4.90 Å². The number of nitrogens with one attached hydrogen (secondary N) is 1. The Morgan fingerprint density at radius 2 is 2.20 bits per heavy atom. The molecule has 1 aromatic heterocycles. The number of thioether (sulfide) groups is 1. The van der Waals surface area contributed by atoms with Gasteiger partial charge >= 0.3 is 0 Å². The van der Waals surface area contributed by atoms with Crippen molar-refractivity contribution in [3.63, 3.8) is 0 Å². The molecule has 1 aromatic rings. The van der Waals surface area contributed by atoms with Crippen molar-refractivity contribution < 1.29 is 9.59 Å². The number of aromatic amines is 1. The minimum absolute atomic E-state index is 0.0231. The highest BCUT2D eigenvalue weighted by Crippen LogP contribution is 2.25. The van der Waals surface area contributed by atoms with E-state index in [0.717, 1.165) is 37.5 Å². The van der Waals surface area contributed by atoms with Crippen LogP contribution in [0.3, 0.4) is 0 Å². The van der Waals surface area contributed by atoms with Gasteiger partial charge in [-0.25, -0.2) is 4.98 Å². The first-order chi connectivity index (χ1) is 9.74.